The van der Waals surface area contributed by atoms with Gasteiger partial charge in [0.15, 0.2) is 0 Å². The molecule has 188 valence electrons. The van der Waals surface area contributed by atoms with Crippen molar-refractivity contribution in [3.8, 4) is 0 Å². The van der Waals surface area contributed by atoms with Gasteiger partial charge in [-0.1, -0.05) is 88.0 Å². The Bertz CT molecular complexity index is 1090. The molecule has 1 saturated heterocycles. The van der Waals surface area contributed by atoms with Crippen molar-refractivity contribution in [2.75, 3.05) is 13.6 Å². The van der Waals surface area contributed by atoms with E-state index < -0.39 is 0 Å². The van der Waals surface area contributed by atoms with Crippen LogP contribution in [0.3, 0.4) is 0 Å². The summed E-state index contributed by atoms with van der Waals surface area (Å²) in [5.74, 6) is 0.292. The molecule has 1 aliphatic heterocycles. The zero-order valence-corrected chi connectivity index (χ0v) is 31.5. The largest absolute Gasteiger partial charge is 1.00 e. The number of amides is 1. The molecule has 4 aromatic carbocycles. The molecular weight excluding hydrogens is 680 g/mol. The first kappa shape index (κ1) is 38.2. The third-order valence-electron chi connectivity index (χ3n) is 4.91. The fraction of sp³-hybridized carbons (Fsp3) is 0.138. The van der Waals surface area contributed by atoms with E-state index in [4.69, 9.17) is 12.6 Å². The molecule has 1 fully saturated rings. The van der Waals surface area contributed by atoms with Crippen molar-refractivity contribution in [3.05, 3.63) is 114 Å². The fourth-order valence-electron chi connectivity index (χ4n) is 3.04. The first-order valence-corrected chi connectivity index (χ1v) is 14.1. The molecule has 2 nitrogen and oxygen atoms in total. The molecule has 9 heteroatoms. The van der Waals surface area contributed by atoms with Crippen LogP contribution < -0.4 is 76.1 Å². The van der Waals surface area contributed by atoms with Crippen molar-refractivity contribution in [1.82, 2.24) is 4.90 Å². The Labute approximate surface area is 304 Å². The number of likely N-dealkylation sites (tertiary alicyclic amines) is 1. The van der Waals surface area contributed by atoms with Gasteiger partial charge in [-0.25, -0.2) is 0 Å². The van der Waals surface area contributed by atoms with E-state index in [-0.39, 0.29) is 76.1 Å². The van der Waals surface area contributed by atoms with E-state index in [1.165, 1.54) is 19.6 Å². The van der Waals surface area contributed by atoms with E-state index in [0.717, 1.165) is 28.8 Å². The number of hydrogen-bond donors (Lipinski definition) is 0. The summed E-state index contributed by atoms with van der Waals surface area (Å²) in [5, 5.41) is 0. The van der Waals surface area contributed by atoms with Crippen LogP contribution in [0.4, 0.5) is 0 Å². The van der Waals surface area contributed by atoms with Crippen LogP contribution in [0.2, 0.25) is 0 Å². The molecule has 0 unspecified atom stereocenters. The normalized spacial score (nSPS) is 11.3. The maximum atomic E-state index is 10.5. The Hall–Kier alpha value is 0.230. The minimum atomic E-state index is 0. The SMILES string of the molecule is Brc1ccc(Sc2ccccc2)cc1.CN1CCCC1=O.[Br-].[Na+].[Na+].[S-]c1ccc(Sc2ccccc2)cc1. The van der Waals surface area contributed by atoms with Crippen LogP contribution in [-0.4, -0.2) is 24.4 Å². The van der Waals surface area contributed by atoms with Crippen LogP contribution in [0.1, 0.15) is 12.8 Å². The van der Waals surface area contributed by atoms with Gasteiger partial charge in [0.1, 0.15) is 0 Å². The zero-order valence-electron chi connectivity index (χ0n) is 21.8. The van der Waals surface area contributed by atoms with Crippen molar-refractivity contribution >= 4 is 58.0 Å². The molecular formula is C29H27Br2NNa2OS3. The van der Waals surface area contributed by atoms with Gasteiger partial charge in [-0.05, 0) is 67.1 Å². The van der Waals surface area contributed by atoms with Gasteiger partial charge in [0.05, 0.1) is 0 Å². The minimum absolute atomic E-state index is 0. The van der Waals surface area contributed by atoms with E-state index in [9.17, 15) is 4.79 Å². The Kier molecular flexibility index (Phi) is 22.0. The summed E-state index contributed by atoms with van der Waals surface area (Å²) < 4.78 is 1.12. The van der Waals surface area contributed by atoms with E-state index in [0.29, 0.717) is 5.91 Å². The van der Waals surface area contributed by atoms with Crippen LogP contribution in [0, 0.1) is 0 Å². The number of benzene rings is 4. The Morgan fingerprint density at radius 1 is 0.684 bits per heavy atom. The molecule has 1 aliphatic rings. The average Bonchev–Trinajstić information content (AvgIpc) is 3.26. The Morgan fingerprint density at radius 2 is 1.08 bits per heavy atom. The summed E-state index contributed by atoms with van der Waals surface area (Å²) in [5.41, 5.74) is 0. The molecule has 4 aromatic rings. The number of carbonyl (C=O) groups excluding carboxylic acids is 1. The second kappa shape index (κ2) is 21.9. The second-order valence-electron chi connectivity index (χ2n) is 7.67. The Morgan fingerprint density at radius 3 is 1.42 bits per heavy atom. The fourth-order valence-corrected chi connectivity index (χ4v) is 5.12. The van der Waals surface area contributed by atoms with Crippen molar-refractivity contribution in [1.29, 1.82) is 0 Å². The van der Waals surface area contributed by atoms with Gasteiger partial charge in [0, 0.05) is 44.1 Å². The third-order valence-corrected chi connectivity index (χ3v) is 7.74. The number of hydrogen-bond acceptors (Lipinski definition) is 4. The van der Waals surface area contributed by atoms with E-state index in [1.54, 1.807) is 28.4 Å². The van der Waals surface area contributed by atoms with Crippen molar-refractivity contribution in [3.63, 3.8) is 0 Å². The topological polar surface area (TPSA) is 20.3 Å². The molecule has 0 spiro atoms. The first-order valence-electron chi connectivity index (χ1n) is 11.2. The third kappa shape index (κ3) is 15.3. The van der Waals surface area contributed by atoms with Gasteiger partial charge < -0.3 is 34.5 Å². The molecule has 0 saturated carbocycles. The molecule has 0 atom stereocenters. The maximum absolute atomic E-state index is 10.5. The quantitative estimate of drug-likeness (QED) is 0.213. The van der Waals surface area contributed by atoms with Crippen LogP contribution in [-0.2, 0) is 17.4 Å². The minimum Gasteiger partial charge on any atom is -1.00 e. The van der Waals surface area contributed by atoms with Gasteiger partial charge in [-0.3, -0.25) is 4.79 Å². The van der Waals surface area contributed by atoms with E-state index >= 15 is 0 Å². The van der Waals surface area contributed by atoms with Gasteiger partial charge in [-0.15, -0.1) is 0 Å². The average molecular weight is 708 g/mol. The number of halogens is 2. The zero-order chi connectivity index (χ0) is 24.9. The summed E-state index contributed by atoms with van der Waals surface area (Å²) in [6.45, 7) is 0.957. The predicted octanol–water partition coefficient (Wildman–Crippen LogP) is -0.405. The number of carbonyl (C=O) groups is 1. The predicted molar refractivity (Wildman–Crippen MR) is 154 cm³/mol. The van der Waals surface area contributed by atoms with Gasteiger partial charge >= 0.3 is 59.1 Å². The monoisotopic (exact) mass is 705 g/mol. The van der Waals surface area contributed by atoms with Crippen molar-refractivity contribution < 1.29 is 80.9 Å². The maximum Gasteiger partial charge on any atom is 1.00 e. The molecule has 0 radical (unpaired) electrons. The molecule has 5 rings (SSSR count). The summed E-state index contributed by atoms with van der Waals surface area (Å²) in [6.07, 6.45) is 1.81. The second-order valence-corrected chi connectivity index (χ2v) is 11.4. The smallest absolute Gasteiger partial charge is 1.00 e. The molecule has 38 heavy (non-hydrogen) atoms. The molecule has 0 bridgehead atoms. The van der Waals surface area contributed by atoms with E-state index in [1.807, 2.05) is 43.4 Å². The van der Waals surface area contributed by atoms with Crippen LogP contribution in [0.15, 0.2) is 138 Å². The number of nitrogens with zero attached hydrogens (tertiary/aromatic N) is 1. The van der Waals surface area contributed by atoms with Gasteiger partial charge in [0.25, 0.3) is 0 Å². The van der Waals surface area contributed by atoms with Crippen LogP contribution in [0.5, 0.6) is 0 Å². The van der Waals surface area contributed by atoms with Gasteiger partial charge in [-0.2, -0.15) is 4.90 Å². The van der Waals surface area contributed by atoms with Crippen molar-refractivity contribution in [2.45, 2.75) is 37.3 Å². The van der Waals surface area contributed by atoms with Crippen LogP contribution in [0.25, 0.3) is 0 Å². The number of rotatable bonds is 4. The standard InChI is InChI=1S/C12H9BrS.C12H10S2.C5H9NO.BrH.2Na/c2*13-10-6-8-12(9-7-10)14-11-4-2-1-3-5-11;1-6-4-2-3-5(6)7;;;/h1-9H;1-9,13H;2-4H2,1H3;1H;;/q;;;;2*+1/p-2. The Balaban J connectivity index is 0.000000546. The summed E-state index contributed by atoms with van der Waals surface area (Å²) >= 11 is 12.0. The molecule has 0 aliphatic carbocycles. The van der Waals surface area contributed by atoms with E-state index in [2.05, 4.69) is 88.7 Å². The van der Waals surface area contributed by atoms with Crippen LogP contribution >= 0.6 is 39.5 Å². The first-order chi connectivity index (χ1) is 17.0. The molecule has 0 N–H and O–H groups in total. The van der Waals surface area contributed by atoms with Gasteiger partial charge in [0.2, 0.25) is 5.91 Å². The molecule has 1 heterocycles. The van der Waals surface area contributed by atoms with Crippen molar-refractivity contribution in [2.24, 2.45) is 0 Å². The summed E-state index contributed by atoms with van der Waals surface area (Å²) in [4.78, 5) is 18.2. The summed E-state index contributed by atoms with van der Waals surface area (Å²) in [7, 11) is 1.84. The molecule has 1 amide bonds. The molecule has 0 aromatic heterocycles. The summed E-state index contributed by atoms with van der Waals surface area (Å²) in [6, 6.07) is 37.1.